The highest BCUT2D eigenvalue weighted by Gasteiger charge is 2.06. The number of nitrogens with zero attached hydrogens (tertiary/aromatic N) is 2. The predicted octanol–water partition coefficient (Wildman–Crippen LogP) is 2.06. The minimum absolute atomic E-state index is 0.433. The quantitative estimate of drug-likeness (QED) is 0.863. The Kier molecular flexibility index (Phi) is 2.86. The maximum atomic E-state index is 5.18. The van der Waals surface area contributed by atoms with E-state index in [1.807, 2.05) is 11.4 Å². The molecule has 0 aliphatic rings. The molecule has 0 spiro atoms. The number of methoxy groups -OCH3 is 1. The number of aryl methyl sites for hydroxylation is 1. The predicted molar refractivity (Wildman–Crippen MR) is 57.2 cm³/mol. The monoisotopic (exact) mass is 225 g/mol. The van der Waals surface area contributed by atoms with Crippen LogP contribution in [0.25, 0.3) is 0 Å². The first-order chi connectivity index (χ1) is 7.29. The molecule has 0 amide bonds. The fraction of sp³-hybridized carbons (Fsp3) is 0.333. The molecule has 5 nitrogen and oxygen atoms in total. The third-order valence-corrected chi connectivity index (χ3v) is 2.75. The number of rotatable bonds is 4. The molecule has 2 rings (SSSR count). The SMILES string of the molecule is COc1ccsc1CNc1nc(C)no1. The number of aromatic nitrogens is 2. The van der Waals surface area contributed by atoms with E-state index >= 15 is 0 Å². The van der Waals surface area contributed by atoms with Gasteiger partial charge in [-0.3, -0.25) is 0 Å². The molecule has 0 aromatic carbocycles. The molecular formula is C9H11N3O2S. The van der Waals surface area contributed by atoms with Crippen LogP contribution < -0.4 is 10.1 Å². The van der Waals surface area contributed by atoms with Crippen LogP contribution in [0.4, 0.5) is 6.01 Å². The van der Waals surface area contributed by atoms with Crippen LogP contribution in [-0.4, -0.2) is 17.3 Å². The Morgan fingerprint density at radius 1 is 1.60 bits per heavy atom. The highest BCUT2D eigenvalue weighted by atomic mass is 32.1. The van der Waals surface area contributed by atoms with Crippen molar-refractivity contribution in [2.24, 2.45) is 0 Å². The molecule has 0 saturated carbocycles. The molecule has 15 heavy (non-hydrogen) atoms. The van der Waals surface area contributed by atoms with Crippen molar-refractivity contribution in [2.45, 2.75) is 13.5 Å². The summed E-state index contributed by atoms with van der Waals surface area (Å²) < 4.78 is 10.1. The Bertz CT molecular complexity index is 438. The summed E-state index contributed by atoms with van der Waals surface area (Å²) in [4.78, 5) is 5.15. The lowest BCUT2D eigenvalue weighted by Crippen LogP contribution is -1.99. The Balaban J connectivity index is 1.98. The second kappa shape index (κ2) is 4.31. The number of ether oxygens (including phenoxy) is 1. The molecule has 0 aliphatic carbocycles. The maximum Gasteiger partial charge on any atom is 0.321 e. The van der Waals surface area contributed by atoms with E-state index in [0.29, 0.717) is 18.4 Å². The van der Waals surface area contributed by atoms with Crippen molar-refractivity contribution in [1.82, 2.24) is 10.1 Å². The van der Waals surface area contributed by atoms with Gasteiger partial charge in [-0.2, -0.15) is 4.98 Å². The first-order valence-electron chi connectivity index (χ1n) is 4.44. The van der Waals surface area contributed by atoms with Crippen molar-refractivity contribution in [3.63, 3.8) is 0 Å². The normalized spacial score (nSPS) is 10.3. The Labute approximate surface area is 91.1 Å². The Morgan fingerprint density at radius 2 is 2.47 bits per heavy atom. The van der Waals surface area contributed by atoms with Gasteiger partial charge in [0, 0.05) is 0 Å². The van der Waals surface area contributed by atoms with Crippen molar-refractivity contribution < 1.29 is 9.26 Å². The summed E-state index contributed by atoms with van der Waals surface area (Å²) in [6.45, 7) is 2.41. The topological polar surface area (TPSA) is 60.2 Å². The van der Waals surface area contributed by atoms with Gasteiger partial charge in [0.1, 0.15) is 5.75 Å². The van der Waals surface area contributed by atoms with Gasteiger partial charge in [0.15, 0.2) is 5.82 Å². The van der Waals surface area contributed by atoms with Crippen molar-refractivity contribution in [3.05, 3.63) is 22.1 Å². The number of nitrogens with one attached hydrogen (secondary N) is 1. The van der Waals surface area contributed by atoms with Gasteiger partial charge in [0.2, 0.25) is 0 Å². The van der Waals surface area contributed by atoms with Gasteiger partial charge >= 0.3 is 6.01 Å². The minimum atomic E-state index is 0.433. The average Bonchev–Trinajstić information content (AvgIpc) is 2.83. The van der Waals surface area contributed by atoms with E-state index in [1.54, 1.807) is 25.4 Å². The summed E-state index contributed by atoms with van der Waals surface area (Å²) in [5.74, 6) is 1.50. The number of thiophene rings is 1. The third-order valence-electron chi connectivity index (χ3n) is 1.85. The fourth-order valence-electron chi connectivity index (χ4n) is 1.16. The summed E-state index contributed by atoms with van der Waals surface area (Å²) in [5, 5.41) is 8.70. The van der Waals surface area contributed by atoms with Gasteiger partial charge in [0.05, 0.1) is 18.5 Å². The van der Waals surface area contributed by atoms with E-state index < -0.39 is 0 Å². The van der Waals surface area contributed by atoms with Gasteiger partial charge in [-0.1, -0.05) is 5.16 Å². The zero-order valence-corrected chi connectivity index (χ0v) is 9.30. The zero-order valence-electron chi connectivity index (χ0n) is 8.48. The molecule has 80 valence electrons. The zero-order chi connectivity index (χ0) is 10.7. The molecule has 0 bridgehead atoms. The number of hydrogen-bond acceptors (Lipinski definition) is 6. The van der Waals surface area contributed by atoms with E-state index in [2.05, 4.69) is 15.5 Å². The van der Waals surface area contributed by atoms with E-state index in [9.17, 15) is 0 Å². The molecular weight excluding hydrogens is 214 g/mol. The first kappa shape index (κ1) is 9.97. The van der Waals surface area contributed by atoms with E-state index in [4.69, 9.17) is 9.26 Å². The van der Waals surface area contributed by atoms with Gasteiger partial charge in [-0.25, -0.2) is 0 Å². The smallest absolute Gasteiger partial charge is 0.321 e. The van der Waals surface area contributed by atoms with Crippen molar-refractivity contribution >= 4 is 17.4 Å². The lowest BCUT2D eigenvalue weighted by molar-refractivity contribution is 0.411. The van der Waals surface area contributed by atoms with Gasteiger partial charge in [-0.05, 0) is 18.4 Å². The van der Waals surface area contributed by atoms with Crippen LogP contribution in [0.15, 0.2) is 16.0 Å². The lowest BCUT2D eigenvalue weighted by atomic mass is 10.4. The van der Waals surface area contributed by atoms with Gasteiger partial charge < -0.3 is 14.6 Å². The molecule has 0 radical (unpaired) electrons. The molecule has 1 N–H and O–H groups in total. The highest BCUT2D eigenvalue weighted by Crippen LogP contribution is 2.24. The molecule has 2 aromatic heterocycles. The summed E-state index contributed by atoms with van der Waals surface area (Å²) in [6, 6.07) is 2.36. The molecule has 0 fully saturated rings. The third kappa shape index (κ3) is 2.27. The average molecular weight is 225 g/mol. The fourth-order valence-corrected chi connectivity index (χ4v) is 1.94. The largest absolute Gasteiger partial charge is 0.496 e. The first-order valence-corrected chi connectivity index (χ1v) is 5.32. The van der Waals surface area contributed by atoms with Gasteiger partial charge in [0.25, 0.3) is 0 Å². The summed E-state index contributed by atoms with van der Waals surface area (Å²) in [7, 11) is 1.66. The van der Waals surface area contributed by atoms with Crippen LogP contribution in [0, 0.1) is 6.92 Å². The van der Waals surface area contributed by atoms with Crippen molar-refractivity contribution in [2.75, 3.05) is 12.4 Å². The van der Waals surface area contributed by atoms with Crippen LogP contribution in [0.3, 0.4) is 0 Å². The second-order valence-electron chi connectivity index (χ2n) is 2.91. The Morgan fingerprint density at radius 3 is 3.13 bits per heavy atom. The molecule has 0 saturated heterocycles. The van der Waals surface area contributed by atoms with E-state index in [-0.39, 0.29) is 0 Å². The van der Waals surface area contributed by atoms with Crippen molar-refractivity contribution in [3.8, 4) is 5.75 Å². The highest BCUT2D eigenvalue weighted by molar-refractivity contribution is 7.10. The van der Waals surface area contributed by atoms with Gasteiger partial charge in [-0.15, -0.1) is 11.3 Å². The van der Waals surface area contributed by atoms with Crippen LogP contribution in [0.2, 0.25) is 0 Å². The molecule has 2 aromatic rings. The van der Waals surface area contributed by atoms with Crippen LogP contribution in [-0.2, 0) is 6.54 Å². The second-order valence-corrected chi connectivity index (χ2v) is 3.91. The number of hydrogen-bond donors (Lipinski definition) is 1. The van der Waals surface area contributed by atoms with E-state index in [0.717, 1.165) is 10.6 Å². The standard InChI is InChI=1S/C9H11N3O2S/c1-6-11-9(14-12-6)10-5-8-7(13-2)3-4-15-8/h3-4H,5H2,1-2H3,(H,10,11,12). The van der Waals surface area contributed by atoms with Crippen LogP contribution in [0.5, 0.6) is 5.75 Å². The molecule has 0 aliphatic heterocycles. The molecule has 0 atom stereocenters. The summed E-state index contributed by atoms with van der Waals surface area (Å²) in [5.41, 5.74) is 0. The molecule has 0 unspecified atom stereocenters. The van der Waals surface area contributed by atoms with E-state index in [1.165, 1.54) is 0 Å². The maximum absolute atomic E-state index is 5.18. The Hall–Kier alpha value is -1.56. The summed E-state index contributed by atoms with van der Waals surface area (Å²) in [6.07, 6.45) is 0. The molecule has 6 heteroatoms. The van der Waals surface area contributed by atoms with Crippen molar-refractivity contribution in [1.29, 1.82) is 0 Å². The number of anilines is 1. The van der Waals surface area contributed by atoms with Crippen LogP contribution >= 0.6 is 11.3 Å². The van der Waals surface area contributed by atoms with Crippen LogP contribution in [0.1, 0.15) is 10.7 Å². The molecule has 2 heterocycles. The summed E-state index contributed by atoms with van der Waals surface area (Å²) >= 11 is 1.62. The minimum Gasteiger partial charge on any atom is -0.496 e. The lowest BCUT2D eigenvalue weighted by Gasteiger charge is -2.01.